The van der Waals surface area contributed by atoms with Gasteiger partial charge in [-0.2, -0.15) is 0 Å². The minimum Gasteiger partial charge on any atom is -0.465 e. The molecule has 1 amide bonds. The molecule has 4 heteroatoms. The number of amides is 1. The topological polar surface area (TPSA) is 57.6 Å². The first kappa shape index (κ1) is 8.04. The molecule has 62 valence electrons. The first-order valence-electron chi connectivity index (χ1n) is 3.70. The third-order valence-electron chi connectivity index (χ3n) is 1.95. The average Bonchev–Trinajstić information content (AvgIpc) is 2.04. The lowest BCUT2D eigenvalue weighted by atomic mass is 10.0. The van der Waals surface area contributed by atoms with Crippen molar-refractivity contribution in [2.45, 2.75) is 25.3 Å². The molecule has 1 atom stereocenters. The zero-order valence-corrected chi connectivity index (χ0v) is 6.19. The first-order chi connectivity index (χ1) is 5.25. The number of carboxylic acid groups (broad SMARTS) is 1. The van der Waals surface area contributed by atoms with E-state index in [4.69, 9.17) is 5.11 Å². The van der Waals surface area contributed by atoms with Crippen LogP contribution in [0.1, 0.15) is 19.3 Å². The van der Waals surface area contributed by atoms with E-state index in [1.54, 1.807) is 0 Å². The quantitative estimate of drug-likeness (QED) is 0.570. The number of nitrogens with zero attached hydrogens (tertiary/aromatic N) is 1. The first-order valence-corrected chi connectivity index (χ1v) is 3.70. The van der Waals surface area contributed by atoms with Crippen LogP contribution in [0.3, 0.4) is 0 Å². The molecule has 0 saturated carbocycles. The SMILES string of the molecule is O=CC1CCCCN1C(=O)O. The number of likely N-dealkylation sites (tertiary alicyclic amines) is 1. The van der Waals surface area contributed by atoms with E-state index in [1.807, 2.05) is 0 Å². The third-order valence-corrected chi connectivity index (χ3v) is 1.95. The van der Waals surface area contributed by atoms with Gasteiger partial charge in [0.25, 0.3) is 0 Å². The highest BCUT2D eigenvalue weighted by Gasteiger charge is 2.25. The van der Waals surface area contributed by atoms with Crippen molar-refractivity contribution in [3.63, 3.8) is 0 Å². The van der Waals surface area contributed by atoms with E-state index in [2.05, 4.69) is 0 Å². The molecule has 11 heavy (non-hydrogen) atoms. The standard InChI is InChI=1S/C7H11NO3/c9-5-6-3-1-2-4-8(6)7(10)11/h5-6H,1-4H2,(H,10,11). The Morgan fingerprint density at radius 1 is 1.55 bits per heavy atom. The molecule has 1 rings (SSSR count). The maximum atomic E-state index is 10.5. The van der Waals surface area contributed by atoms with Gasteiger partial charge in [-0.05, 0) is 19.3 Å². The Labute approximate surface area is 64.8 Å². The van der Waals surface area contributed by atoms with E-state index < -0.39 is 12.1 Å². The fraction of sp³-hybridized carbons (Fsp3) is 0.714. The summed E-state index contributed by atoms with van der Waals surface area (Å²) in [6, 6.07) is -0.402. The molecule has 0 aromatic rings. The van der Waals surface area contributed by atoms with Crippen LogP contribution < -0.4 is 0 Å². The maximum Gasteiger partial charge on any atom is 0.407 e. The minimum atomic E-state index is -0.984. The average molecular weight is 157 g/mol. The number of piperidine rings is 1. The zero-order valence-electron chi connectivity index (χ0n) is 6.19. The molecule has 0 radical (unpaired) electrons. The summed E-state index contributed by atoms with van der Waals surface area (Å²) in [5, 5.41) is 8.61. The molecule has 1 saturated heterocycles. The predicted octanol–water partition coefficient (Wildman–Crippen LogP) is 0.718. The molecule has 1 fully saturated rings. The Hall–Kier alpha value is -1.06. The molecule has 1 aliphatic heterocycles. The largest absolute Gasteiger partial charge is 0.465 e. The summed E-state index contributed by atoms with van der Waals surface area (Å²) >= 11 is 0. The van der Waals surface area contributed by atoms with Crippen LogP contribution in [0, 0.1) is 0 Å². The fourth-order valence-corrected chi connectivity index (χ4v) is 1.34. The Balaban J connectivity index is 2.58. The van der Waals surface area contributed by atoms with Crippen LogP contribution in [0.4, 0.5) is 4.79 Å². The number of hydrogen-bond donors (Lipinski definition) is 1. The van der Waals surface area contributed by atoms with E-state index in [0.29, 0.717) is 19.3 Å². The van der Waals surface area contributed by atoms with Crippen LogP contribution in [0.25, 0.3) is 0 Å². The van der Waals surface area contributed by atoms with Crippen molar-refractivity contribution < 1.29 is 14.7 Å². The molecule has 4 nitrogen and oxygen atoms in total. The van der Waals surface area contributed by atoms with E-state index in [1.165, 1.54) is 4.90 Å². The second kappa shape index (κ2) is 3.37. The number of rotatable bonds is 1. The van der Waals surface area contributed by atoms with Gasteiger partial charge in [0.2, 0.25) is 0 Å². The van der Waals surface area contributed by atoms with Gasteiger partial charge in [0.15, 0.2) is 0 Å². The molecule has 1 aliphatic rings. The molecule has 1 unspecified atom stereocenters. The smallest absolute Gasteiger partial charge is 0.407 e. The lowest BCUT2D eigenvalue weighted by Crippen LogP contribution is -2.43. The summed E-state index contributed by atoms with van der Waals surface area (Å²) in [4.78, 5) is 22.1. The summed E-state index contributed by atoms with van der Waals surface area (Å²) in [7, 11) is 0. The molecule has 0 spiro atoms. The van der Waals surface area contributed by atoms with E-state index >= 15 is 0 Å². The molecule has 1 N–H and O–H groups in total. The van der Waals surface area contributed by atoms with Gasteiger partial charge in [0.05, 0.1) is 6.04 Å². The third kappa shape index (κ3) is 1.69. The van der Waals surface area contributed by atoms with Crippen molar-refractivity contribution >= 4 is 12.4 Å². The Kier molecular flexibility index (Phi) is 2.46. The van der Waals surface area contributed by atoms with Crippen molar-refractivity contribution in [2.24, 2.45) is 0 Å². The molecular weight excluding hydrogens is 146 g/mol. The highest BCUT2D eigenvalue weighted by molar-refractivity contribution is 5.71. The number of carbonyl (C=O) groups is 2. The maximum absolute atomic E-state index is 10.5. The van der Waals surface area contributed by atoms with Crippen LogP contribution in [0.2, 0.25) is 0 Å². The molecular formula is C7H11NO3. The van der Waals surface area contributed by atoms with Gasteiger partial charge in [-0.25, -0.2) is 4.79 Å². The molecule has 0 aromatic carbocycles. The van der Waals surface area contributed by atoms with Gasteiger partial charge >= 0.3 is 6.09 Å². The molecule has 1 heterocycles. The van der Waals surface area contributed by atoms with Crippen molar-refractivity contribution in [2.75, 3.05) is 6.54 Å². The van der Waals surface area contributed by atoms with Crippen molar-refractivity contribution in [3.8, 4) is 0 Å². The second-order valence-electron chi connectivity index (χ2n) is 2.68. The van der Waals surface area contributed by atoms with Gasteiger partial charge in [0.1, 0.15) is 6.29 Å². The lowest BCUT2D eigenvalue weighted by molar-refractivity contribution is -0.112. The van der Waals surface area contributed by atoms with Gasteiger partial charge in [-0.3, -0.25) is 4.90 Å². The molecule has 0 aliphatic carbocycles. The fourth-order valence-electron chi connectivity index (χ4n) is 1.34. The summed E-state index contributed by atoms with van der Waals surface area (Å²) < 4.78 is 0. The number of aldehydes is 1. The highest BCUT2D eigenvalue weighted by Crippen LogP contribution is 2.14. The van der Waals surface area contributed by atoms with Gasteiger partial charge in [-0.1, -0.05) is 0 Å². The monoisotopic (exact) mass is 157 g/mol. The van der Waals surface area contributed by atoms with E-state index in [0.717, 1.165) is 12.8 Å². The van der Waals surface area contributed by atoms with E-state index in [9.17, 15) is 9.59 Å². The Morgan fingerprint density at radius 3 is 2.73 bits per heavy atom. The summed E-state index contributed by atoms with van der Waals surface area (Å²) in [6.07, 6.45) is 2.23. The van der Waals surface area contributed by atoms with Crippen LogP contribution in [0.5, 0.6) is 0 Å². The molecule has 0 bridgehead atoms. The lowest BCUT2D eigenvalue weighted by Gasteiger charge is -2.29. The van der Waals surface area contributed by atoms with Crippen LogP contribution in [-0.4, -0.2) is 35.0 Å². The van der Waals surface area contributed by atoms with E-state index in [-0.39, 0.29) is 0 Å². The van der Waals surface area contributed by atoms with Crippen LogP contribution in [-0.2, 0) is 4.79 Å². The van der Waals surface area contributed by atoms with Crippen molar-refractivity contribution in [1.29, 1.82) is 0 Å². The van der Waals surface area contributed by atoms with Crippen LogP contribution >= 0.6 is 0 Å². The predicted molar refractivity (Wildman–Crippen MR) is 38.4 cm³/mol. The Bertz CT molecular complexity index is 169. The number of carbonyl (C=O) groups excluding carboxylic acids is 1. The van der Waals surface area contributed by atoms with Gasteiger partial charge in [-0.15, -0.1) is 0 Å². The highest BCUT2D eigenvalue weighted by atomic mass is 16.4. The zero-order chi connectivity index (χ0) is 8.27. The van der Waals surface area contributed by atoms with Crippen molar-refractivity contribution in [3.05, 3.63) is 0 Å². The summed E-state index contributed by atoms with van der Waals surface area (Å²) in [5.74, 6) is 0. The normalized spacial score (nSPS) is 24.7. The summed E-state index contributed by atoms with van der Waals surface area (Å²) in [6.45, 7) is 0.499. The number of hydrogen-bond acceptors (Lipinski definition) is 2. The van der Waals surface area contributed by atoms with Gasteiger partial charge in [0, 0.05) is 6.54 Å². The summed E-state index contributed by atoms with van der Waals surface area (Å²) in [5.41, 5.74) is 0. The van der Waals surface area contributed by atoms with Crippen LogP contribution in [0.15, 0.2) is 0 Å². The van der Waals surface area contributed by atoms with Crippen molar-refractivity contribution in [1.82, 2.24) is 4.90 Å². The second-order valence-corrected chi connectivity index (χ2v) is 2.68. The minimum absolute atomic E-state index is 0.402. The van der Waals surface area contributed by atoms with Gasteiger partial charge < -0.3 is 9.90 Å². The Morgan fingerprint density at radius 2 is 2.27 bits per heavy atom. The molecule has 0 aromatic heterocycles.